The molecule has 4 aromatic carbocycles. The average molecular weight is 550 g/mol. The number of aliphatic carboxylic acids is 1. The fourth-order valence-electron chi connectivity index (χ4n) is 4.94. The van der Waals surface area contributed by atoms with E-state index >= 15 is 0 Å². The summed E-state index contributed by atoms with van der Waals surface area (Å²) in [7, 11) is 0. The lowest BCUT2D eigenvalue weighted by Gasteiger charge is -2.23. The van der Waals surface area contributed by atoms with E-state index in [9.17, 15) is 14.7 Å². The van der Waals surface area contributed by atoms with Crippen LogP contribution in [0.2, 0.25) is 0 Å². The first-order valence-corrected chi connectivity index (χ1v) is 14.4. The molecule has 5 heteroatoms. The van der Waals surface area contributed by atoms with Crippen LogP contribution in [-0.2, 0) is 24.2 Å². The number of aryl methyl sites for hydroxylation is 1. The van der Waals surface area contributed by atoms with Crippen LogP contribution in [-0.4, -0.2) is 34.5 Å². The predicted octanol–water partition coefficient (Wildman–Crippen LogP) is 7.80. The molecule has 0 heterocycles. The molecule has 212 valence electrons. The van der Waals surface area contributed by atoms with E-state index in [1.807, 2.05) is 98.8 Å². The van der Waals surface area contributed by atoms with Crippen LogP contribution in [0.1, 0.15) is 66.2 Å². The number of unbranched alkanes of at least 4 members (excludes halogenated alkanes) is 1. The summed E-state index contributed by atoms with van der Waals surface area (Å²) in [6.45, 7) is 6.00. The van der Waals surface area contributed by atoms with E-state index in [0.717, 1.165) is 52.8 Å². The van der Waals surface area contributed by atoms with Gasteiger partial charge in [0.25, 0.3) is 5.91 Å². The van der Waals surface area contributed by atoms with Crippen LogP contribution in [0.3, 0.4) is 0 Å². The monoisotopic (exact) mass is 549 g/mol. The first kappa shape index (κ1) is 29.6. The number of carboxylic acid groups (broad SMARTS) is 1. The van der Waals surface area contributed by atoms with E-state index in [-0.39, 0.29) is 25.1 Å². The van der Waals surface area contributed by atoms with Gasteiger partial charge in [0, 0.05) is 17.7 Å². The van der Waals surface area contributed by atoms with Crippen molar-refractivity contribution >= 4 is 11.9 Å². The van der Waals surface area contributed by atoms with Gasteiger partial charge in [0.15, 0.2) is 0 Å². The third kappa shape index (κ3) is 8.31. The van der Waals surface area contributed by atoms with Crippen molar-refractivity contribution in [2.24, 2.45) is 0 Å². The summed E-state index contributed by atoms with van der Waals surface area (Å²) in [5, 5.41) is 9.69. The second-order valence-corrected chi connectivity index (χ2v) is 10.7. The van der Waals surface area contributed by atoms with Gasteiger partial charge in [-0.05, 0) is 79.1 Å². The van der Waals surface area contributed by atoms with Crippen LogP contribution in [0.25, 0.3) is 11.1 Å². The van der Waals surface area contributed by atoms with Crippen molar-refractivity contribution in [2.45, 2.75) is 59.1 Å². The normalized spacial score (nSPS) is 10.9. The molecule has 0 saturated heterocycles. The van der Waals surface area contributed by atoms with Crippen LogP contribution in [0, 0.1) is 0 Å². The van der Waals surface area contributed by atoms with Crippen molar-refractivity contribution in [2.75, 3.05) is 6.54 Å². The summed E-state index contributed by atoms with van der Waals surface area (Å²) in [6.07, 6.45) is 3.82. The van der Waals surface area contributed by atoms with E-state index in [1.165, 1.54) is 10.5 Å². The molecule has 0 unspecified atom stereocenters. The molecule has 0 aliphatic carbocycles. The Morgan fingerprint density at radius 2 is 1.51 bits per heavy atom. The number of carbonyl (C=O) groups excluding carboxylic acids is 1. The van der Waals surface area contributed by atoms with E-state index in [1.54, 1.807) is 0 Å². The van der Waals surface area contributed by atoms with Gasteiger partial charge in [-0.1, -0.05) is 92.2 Å². The van der Waals surface area contributed by atoms with Crippen molar-refractivity contribution < 1.29 is 19.4 Å². The smallest absolute Gasteiger partial charge is 0.323 e. The SMILES string of the molecule is CCCCc1ccc(CN(CC(=O)O)C(=O)c2ccc(-c3ccccc3OC(C)C)cc2Cc2ccccc2)cc1. The fourth-order valence-corrected chi connectivity index (χ4v) is 4.94. The summed E-state index contributed by atoms with van der Waals surface area (Å²) >= 11 is 0. The van der Waals surface area contributed by atoms with Gasteiger partial charge < -0.3 is 14.7 Å². The van der Waals surface area contributed by atoms with Gasteiger partial charge in [-0.15, -0.1) is 0 Å². The zero-order chi connectivity index (χ0) is 29.2. The molecular formula is C36H39NO4. The summed E-state index contributed by atoms with van der Waals surface area (Å²) in [6, 6.07) is 31.8. The van der Waals surface area contributed by atoms with Gasteiger partial charge in [0.2, 0.25) is 0 Å². The van der Waals surface area contributed by atoms with Gasteiger partial charge >= 0.3 is 5.97 Å². The molecule has 0 bridgehead atoms. The number of hydrogen-bond donors (Lipinski definition) is 1. The molecule has 0 fully saturated rings. The van der Waals surface area contributed by atoms with Gasteiger partial charge in [-0.25, -0.2) is 0 Å². The van der Waals surface area contributed by atoms with Crippen LogP contribution in [0.15, 0.2) is 97.1 Å². The topological polar surface area (TPSA) is 66.8 Å². The minimum Gasteiger partial charge on any atom is -0.490 e. The van der Waals surface area contributed by atoms with E-state index in [2.05, 4.69) is 19.1 Å². The number of rotatable bonds is 13. The number of hydrogen-bond acceptors (Lipinski definition) is 3. The van der Waals surface area contributed by atoms with Crippen molar-refractivity contribution in [3.63, 3.8) is 0 Å². The number of ether oxygens (including phenoxy) is 1. The number of para-hydroxylation sites is 1. The van der Waals surface area contributed by atoms with E-state index in [0.29, 0.717) is 12.0 Å². The third-order valence-corrected chi connectivity index (χ3v) is 6.96. The zero-order valence-corrected chi connectivity index (χ0v) is 24.2. The molecule has 0 aliphatic rings. The quantitative estimate of drug-likeness (QED) is 0.185. The highest BCUT2D eigenvalue weighted by molar-refractivity contribution is 5.98. The molecule has 4 rings (SSSR count). The number of carboxylic acids is 1. The van der Waals surface area contributed by atoms with Crippen molar-refractivity contribution in [1.29, 1.82) is 0 Å². The molecule has 0 spiro atoms. The van der Waals surface area contributed by atoms with Gasteiger partial charge in [0.1, 0.15) is 12.3 Å². The zero-order valence-electron chi connectivity index (χ0n) is 24.2. The predicted molar refractivity (Wildman–Crippen MR) is 164 cm³/mol. The molecule has 1 N–H and O–H groups in total. The number of amides is 1. The average Bonchev–Trinajstić information content (AvgIpc) is 2.96. The van der Waals surface area contributed by atoms with Gasteiger partial charge in [-0.2, -0.15) is 0 Å². The maximum atomic E-state index is 14.0. The second-order valence-electron chi connectivity index (χ2n) is 10.7. The number of benzene rings is 4. The van der Waals surface area contributed by atoms with Crippen LogP contribution in [0.5, 0.6) is 5.75 Å². The standard InChI is InChI=1S/C36H39NO4/c1-4-5-11-27-16-18-29(19-17-27)24-37(25-35(38)39)36(40)33-21-20-30(23-31(33)22-28-12-7-6-8-13-28)32-14-9-10-15-34(32)41-26(2)3/h6-10,12-21,23,26H,4-5,11,22,24-25H2,1-3H3,(H,38,39). The third-order valence-electron chi connectivity index (χ3n) is 6.96. The lowest BCUT2D eigenvalue weighted by molar-refractivity contribution is -0.137. The van der Waals surface area contributed by atoms with Crippen LogP contribution < -0.4 is 4.74 Å². The summed E-state index contributed by atoms with van der Waals surface area (Å²) in [5.74, 6) is -0.562. The number of carbonyl (C=O) groups is 2. The Kier molecular flexibility index (Phi) is 10.3. The molecule has 4 aromatic rings. The van der Waals surface area contributed by atoms with Crippen molar-refractivity contribution in [3.05, 3.63) is 125 Å². The molecular weight excluding hydrogens is 510 g/mol. The molecule has 0 radical (unpaired) electrons. The van der Waals surface area contributed by atoms with Crippen LogP contribution in [0.4, 0.5) is 0 Å². The highest BCUT2D eigenvalue weighted by atomic mass is 16.5. The maximum absolute atomic E-state index is 14.0. The summed E-state index contributed by atoms with van der Waals surface area (Å²) in [4.78, 5) is 27.3. The number of nitrogens with zero attached hydrogens (tertiary/aromatic N) is 1. The van der Waals surface area contributed by atoms with Crippen molar-refractivity contribution in [3.8, 4) is 16.9 Å². The highest BCUT2D eigenvalue weighted by Crippen LogP contribution is 2.33. The van der Waals surface area contributed by atoms with E-state index in [4.69, 9.17) is 4.74 Å². The summed E-state index contributed by atoms with van der Waals surface area (Å²) in [5.41, 5.74) is 6.44. The molecule has 5 nitrogen and oxygen atoms in total. The second kappa shape index (κ2) is 14.3. The van der Waals surface area contributed by atoms with Crippen molar-refractivity contribution in [1.82, 2.24) is 4.90 Å². The molecule has 41 heavy (non-hydrogen) atoms. The maximum Gasteiger partial charge on any atom is 0.323 e. The first-order chi connectivity index (χ1) is 19.8. The van der Waals surface area contributed by atoms with Gasteiger partial charge in [-0.3, -0.25) is 9.59 Å². The largest absolute Gasteiger partial charge is 0.490 e. The molecule has 0 aliphatic heterocycles. The Balaban J connectivity index is 1.70. The van der Waals surface area contributed by atoms with Gasteiger partial charge in [0.05, 0.1) is 6.10 Å². The Morgan fingerprint density at radius 1 is 0.829 bits per heavy atom. The minimum absolute atomic E-state index is 0.0195. The summed E-state index contributed by atoms with van der Waals surface area (Å²) < 4.78 is 6.07. The lowest BCUT2D eigenvalue weighted by Crippen LogP contribution is -2.35. The fraction of sp³-hybridized carbons (Fsp3) is 0.278. The Labute approximate surface area is 243 Å². The lowest BCUT2D eigenvalue weighted by atomic mass is 9.93. The molecule has 0 atom stereocenters. The Hall–Kier alpha value is -4.38. The van der Waals surface area contributed by atoms with E-state index < -0.39 is 5.97 Å². The molecule has 1 amide bonds. The molecule has 0 aromatic heterocycles. The Morgan fingerprint density at radius 3 is 2.20 bits per heavy atom. The molecule has 0 saturated carbocycles. The minimum atomic E-state index is -1.04. The first-order valence-electron chi connectivity index (χ1n) is 14.4. The van der Waals surface area contributed by atoms with Crippen LogP contribution >= 0.6 is 0 Å². The Bertz CT molecular complexity index is 1440. The highest BCUT2D eigenvalue weighted by Gasteiger charge is 2.23.